The van der Waals surface area contributed by atoms with E-state index in [0.717, 1.165) is 0 Å². The van der Waals surface area contributed by atoms with E-state index in [-0.39, 0.29) is 23.5 Å². The van der Waals surface area contributed by atoms with E-state index in [4.69, 9.17) is 4.74 Å². The zero-order valence-corrected chi connectivity index (χ0v) is 14.4. The zero-order valence-electron chi connectivity index (χ0n) is 13.6. The number of carbonyl (C=O) groups is 2. The van der Waals surface area contributed by atoms with E-state index < -0.39 is 11.8 Å². The van der Waals surface area contributed by atoms with E-state index in [1.807, 2.05) is 0 Å². The molecule has 0 aliphatic heterocycles. The normalized spacial score (nSPS) is 10.7. The minimum Gasteiger partial charge on any atom is -0.466 e. The first-order valence-corrected chi connectivity index (χ1v) is 8.19. The van der Waals surface area contributed by atoms with Gasteiger partial charge >= 0.3 is 11.9 Å². The third-order valence-electron chi connectivity index (χ3n) is 2.98. The summed E-state index contributed by atoms with van der Waals surface area (Å²) in [7, 11) is 1.18. The Morgan fingerprint density at radius 2 is 2.24 bits per heavy atom. The highest BCUT2D eigenvalue weighted by Crippen LogP contribution is 2.16. The standard InChI is InChI=1S/C16H16FN3O4S/c1-3-24-13(21)7-11-9-25-16(19-11)20-18-8-10-5-4-6-12(14(10)17)15(22)23-2/h4-6,8-9H,3,7H2,1-2H3,(H,19,20). The number of halogens is 1. The maximum absolute atomic E-state index is 14.2. The van der Waals surface area contributed by atoms with Gasteiger partial charge in [-0.3, -0.25) is 10.2 Å². The molecule has 0 bridgehead atoms. The van der Waals surface area contributed by atoms with Crippen molar-refractivity contribution in [2.45, 2.75) is 13.3 Å². The second-order valence-corrected chi connectivity index (χ2v) is 5.55. The van der Waals surface area contributed by atoms with Gasteiger partial charge in [-0.1, -0.05) is 12.1 Å². The first-order chi connectivity index (χ1) is 12.0. The van der Waals surface area contributed by atoms with E-state index >= 15 is 0 Å². The molecule has 0 aliphatic carbocycles. The van der Waals surface area contributed by atoms with Crippen molar-refractivity contribution in [1.29, 1.82) is 0 Å². The largest absolute Gasteiger partial charge is 0.466 e. The summed E-state index contributed by atoms with van der Waals surface area (Å²) in [5.74, 6) is -1.84. The summed E-state index contributed by atoms with van der Waals surface area (Å²) in [4.78, 5) is 27.0. The number of ether oxygens (including phenoxy) is 2. The summed E-state index contributed by atoms with van der Waals surface area (Å²) >= 11 is 1.25. The summed E-state index contributed by atoms with van der Waals surface area (Å²) in [6.07, 6.45) is 1.31. The SMILES string of the molecule is CCOC(=O)Cc1csc(NN=Cc2cccc(C(=O)OC)c2F)n1. The first-order valence-electron chi connectivity index (χ1n) is 7.31. The molecule has 0 spiro atoms. The Morgan fingerprint density at radius 1 is 1.44 bits per heavy atom. The maximum Gasteiger partial charge on any atom is 0.340 e. The minimum absolute atomic E-state index is 0.0749. The predicted molar refractivity (Wildman–Crippen MR) is 91.4 cm³/mol. The molecular weight excluding hydrogens is 349 g/mol. The Hall–Kier alpha value is -2.81. The van der Waals surface area contributed by atoms with Crippen LogP contribution >= 0.6 is 11.3 Å². The molecule has 0 fully saturated rings. The molecule has 1 aromatic carbocycles. The van der Waals surface area contributed by atoms with E-state index in [1.54, 1.807) is 12.3 Å². The number of carbonyl (C=O) groups excluding carboxylic acids is 2. The molecule has 9 heteroatoms. The van der Waals surface area contributed by atoms with Crippen LogP contribution < -0.4 is 5.43 Å². The van der Waals surface area contributed by atoms with Gasteiger partial charge in [0.2, 0.25) is 5.13 Å². The number of rotatable bonds is 7. The third kappa shape index (κ3) is 5.08. The highest BCUT2D eigenvalue weighted by atomic mass is 32.1. The fourth-order valence-electron chi connectivity index (χ4n) is 1.87. The molecule has 0 unspecified atom stereocenters. The van der Waals surface area contributed by atoms with Gasteiger partial charge < -0.3 is 9.47 Å². The molecule has 1 aromatic heterocycles. The zero-order chi connectivity index (χ0) is 18.2. The van der Waals surface area contributed by atoms with Gasteiger partial charge in [0.25, 0.3) is 0 Å². The Balaban J connectivity index is 2.01. The van der Waals surface area contributed by atoms with Crippen LogP contribution in [0.4, 0.5) is 9.52 Å². The number of nitrogens with zero attached hydrogens (tertiary/aromatic N) is 2. The van der Waals surface area contributed by atoms with E-state index in [0.29, 0.717) is 17.4 Å². The van der Waals surface area contributed by atoms with Crippen molar-refractivity contribution in [3.8, 4) is 0 Å². The molecule has 1 heterocycles. The molecule has 0 saturated heterocycles. The molecule has 0 aliphatic rings. The van der Waals surface area contributed by atoms with Crippen LogP contribution in [0.3, 0.4) is 0 Å². The van der Waals surface area contributed by atoms with Crippen molar-refractivity contribution in [1.82, 2.24) is 4.98 Å². The average Bonchev–Trinajstić information content (AvgIpc) is 3.03. The number of aromatic nitrogens is 1. The number of hydrogen-bond donors (Lipinski definition) is 1. The molecule has 132 valence electrons. The number of methoxy groups -OCH3 is 1. The van der Waals surface area contributed by atoms with Crippen LogP contribution in [-0.2, 0) is 20.7 Å². The number of thiazole rings is 1. The quantitative estimate of drug-likeness (QED) is 0.461. The van der Waals surface area contributed by atoms with Crippen molar-refractivity contribution in [3.05, 3.63) is 46.2 Å². The van der Waals surface area contributed by atoms with E-state index in [9.17, 15) is 14.0 Å². The predicted octanol–water partition coefficient (Wildman–Crippen LogP) is 2.62. The van der Waals surface area contributed by atoms with Crippen LogP contribution in [0.2, 0.25) is 0 Å². The van der Waals surface area contributed by atoms with Gasteiger partial charge in [0.15, 0.2) is 0 Å². The highest BCUT2D eigenvalue weighted by Gasteiger charge is 2.14. The molecule has 0 radical (unpaired) electrons. The number of hydrogen-bond acceptors (Lipinski definition) is 8. The summed E-state index contributed by atoms with van der Waals surface area (Å²) in [6, 6.07) is 4.33. The monoisotopic (exact) mass is 365 g/mol. The lowest BCUT2D eigenvalue weighted by Gasteiger charge is -2.03. The van der Waals surface area contributed by atoms with Crippen molar-refractivity contribution in [2.24, 2.45) is 5.10 Å². The molecule has 1 N–H and O–H groups in total. The van der Waals surface area contributed by atoms with Gasteiger partial charge in [0, 0.05) is 10.9 Å². The van der Waals surface area contributed by atoms with Gasteiger partial charge in [0.05, 0.1) is 37.6 Å². The van der Waals surface area contributed by atoms with Crippen LogP contribution in [-0.4, -0.2) is 36.9 Å². The molecule has 0 amide bonds. The summed E-state index contributed by atoms with van der Waals surface area (Å²) < 4.78 is 23.5. The molecule has 7 nitrogen and oxygen atoms in total. The lowest BCUT2D eigenvalue weighted by molar-refractivity contribution is -0.142. The number of esters is 2. The van der Waals surface area contributed by atoms with Gasteiger partial charge in [0.1, 0.15) is 5.82 Å². The lowest BCUT2D eigenvalue weighted by Crippen LogP contribution is -2.07. The van der Waals surface area contributed by atoms with E-state index in [1.165, 1.54) is 42.9 Å². The van der Waals surface area contributed by atoms with Gasteiger partial charge in [-0.2, -0.15) is 5.10 Å². The Kier molecular flexibility index (Phi) is 6.58. The molecule has 25 heavy (non-hydrogen) atoms. The first kappa shape index (κ1) is 18.5. The van der Waals surface area contributed by atoms with Crippen LogP contribution in [0.5, 0.6) is 0 Å². The topological polar surface area (TPSA) is 89.9 Å². The number of anilines is 1. The lowest BCUT2D eigenvalue weighted by atomic mass is 10.1. The number of nitrogens with one attached hydrogen (secondary N) is 1. The minimum atomic E-state index is -0.760. The number of hydrazone groups is 1. The van der Waals surface area contributed by atoms with Crippen molar-refractivity contribution in [3.63, 3.8) is 0 Å². The highest BCUT2D eigenvalue weighted by molar-refractivity contribution is 7.13. The fourth-order valence-corrected chi connectivity index (χ4v) is 2.53. The Bertz CT molecular complexity index is 791. The van der Waals surface area contributed by atoms with Crippen LogP contribution in [0, 0.1) is 5.82 Å². The molecule has 2 rings (SSSR count). The summed E-state index contributed by atoms with van der Waals surface area (Å²) in [6.45, 7) is 2.05. The third-order valence-corrected chi connectivity index (χ3v) is 3.78. The second-order valence-electron chi connectivity index (χ2n) is 4.70. The second kappa shape index (κ2) is 8.88. The van der Waals surface area contributed by atoms with E-state index in [2.05, 4.69) is 20.2 Å². The molecule has 0 atom stereocenters. The van der Waals surface area contributed by atoms with Crippen LogP contribution in [0.1, 0.15) is 28.5 Å². The van der Waals surface area contributed by atoms with Crippen molar-refractivity contribution in [2.75, 3.05) is 19.1 Å². The van der Waals surface area contributed by atoms with Crippen molar-refractivity contribution >= 4 is 34.6 Å². The van der Waals surface area contributed by atoms with Gasteiger partial charge in [-0.15, -0.1) is 11.3 Å². The summed E-state index contributed by atoms with van der Waals surface area (Å²) in [5, 5.41) is 6.04. The smallest absolute Gasteiger partial charge is 0.340 e. The molecular formula is C16H16FN3O4S. The van der Waals surface area contributed by atoms with Crippen LogP contribution in [0.15, 0.2) is 28.7 Å². The Labute approximate surface area is 147 Å². The number of benzene rings is 1. The molecule has 2 aromatic rings. The van der Waals surface area contributed by atoms with Gasteiger partial charge in [-0.25, -0.2) is 14.2 Å². The summed E-state index contributed by atoms with van der Waals surface area (Å²) in [5.41, 5.74) is 3.16. The Morgan fingerprint density at radius 3 is 2.96 bits per heavy atom. The average molecular weight is 365 g/mol. The fraction of sp³-hybridized carbons (Fsp3) is 0.250. The maximum atomic E-state index is 14.2. The van der Waals surface area contributed by atoms with Gasteiger partial charge in [-0.05, 0) is 13.0 Å². The molecule has 0 saturated carbocycles. The van der Waals surface area contributed by atoms with Crippen LogP contribution in [0.25, 0.3) is 0 Å². The van der Waals surface area contributed by atoms with Crippen molar-refractivity contribution < 1.29 is 23.5 Å².